The number of aromatic nitrogens is 1. The summed E-state index contributed by atoms with van der Waals surface area (Å²) < 4.78 is 7.23. The molecule has 4 rings (SSSR count). The summed E-state index contributed by atoms with van der Waals surface area (Å²) in [6.07, 6.45) is 1.70. The van der Waals surface area contributed by atoms with Crippen molar-refractivity contribution in [2.75, 3.05) is 6.61 Å². The first-order chi connectivity index (χ1) is 15.3. The summed E-state index contributed by atoms with van der Waals surface area (Å²) in [4.78, 5) is 31.4. The number of fused-ring (bicyclic) bond motifs is 1. The Kier molecular flexibility index (Phi) is 6.58. The molecular formula is C23H17Cl3N2O3S. The first-order valence-electron chi connectivity index (χ1n) is 9.70. The number of nitrogens with zero attached hydrogens (tertiary/aromatic N) is 2. The Morgan fingerprint density at radius 3 is 2.50 bits per heavy atom. The van der Waals surface area contributed by atoms with Crippen LogP contribution in [-0.4, -0.2) is 17.1 Å². The van der Waals surface area contributed by atoms with Gasteiger partial charge in [-0.25, -0.2) is 9.79 Å². The van der Waals surface area contributed by atoms with Gasteiger partial charge in [-0.2, -0.15) is 0 Å². The minimum atomic E-state index is -0.689. The lowest BCUT2D eigenvalue weighted by molar-refractivity contribution is -0.139. The van der Waals surface area contributed by atoms with E-state index in [0.717, 1.165) is 5.56 Å². The first-order valence-corrected chi connectivity index (χ1v) is 11.7. The number of esters is 1. The van der Waals surface area contributed by atoms with Crippen molar-refractivity contribution in [2.24, 2.45) is 4.99 Å². The van der Waals surface area contributed by atoms with Crippen LogP contribution in [0.15, 0.2) is 63.5 Å². The van der Waals surface area contributed by atoms with E-state index in [9.17, 15) is 9.59 Å². The zero-order chi connectivity index (χ0) is 23.0. The summed E-state index contributed by atoms with van der Waals surface area (Å²) in [6.45, 7) is 3.68. The highest BCUT2D eigenvalue weighted by Crippen LogP contribution is 2.31. The van der Waals surface area contributed by atoms with Crippen LogP contribution in [-0.2, 0) is 9.53 Å². The maximum Gasteiger partial charge on any atom is 0.338 e. The quantitative estimate of drug-likeness (QED) is 0.479. The van der Waals surface area contributed by atoms with E-state index in [1.54, 1.807) is 62.4 Å². The highest BCUT2D eigenvalue weighted by atomic mass is 35.5. The number of halogens is 3. The standard InChI is InChI=1S/C23H17Cl3N2O3S/c1-3-31-22(30)19-12(2)27-23-28(20(19)13-4-7-15(24)8-5-13)21(29)18(32-23)10-14-6-9-16(25)11-17(14)26/h4-11,20H,3H2,1-2H3/b18-10-/t20-/m1/s1. The monoisotopic (exact) mass is 506 g/mol. The third kappa shape index (κ3) is 4.28. The molecular weight excluding hydrogens is 491 g/mol. The molecule has 5 nitrogen and oxygen atoms in total. The molecule has 0 spiro atoms. The number of allylic oxidation sites excluding steroid dienone is 1. The van der Waals surface area contributed by atoms with Crippen LogP contribution in [0.25, 0.3) is 6.08 Å². The van der Waals surface area contributed by atoms with Gasteiger partial charge < -0.3 is 4.74 Å². The summed E-state index contributed by atoms with van der Waals surface area (Å²) in [5.74, 6) is -0.510. The highest BCUT2D eigenvalue weighted by Gasteiger charge is 2.33. The van der Waals surface area contributed by atoms with Crippen molar-refractivity contribution >= 4 is 58.2 Å². The fourth-order valence-corrected chi connectivity index (χ4v) is 5.14. The third-order valence-electron chi connectivity index (χ3n) is 4.95. The molecule has 0 N–H and O–H groups in total. The Morgan fingerprint density at radius 2 is 1.84 bits per heavy atom. The van der Waals surface area contributed by atoms with E-state index in [2.05, 4.69) is 4.99 Å². The summed E-state index contributed by atoms with van der Waals surface area (Å²) in [5, 5.41) is 1.49. The number of carbonyl (C=O) groups excluding carboxylic acids is 1. The van der Waals surface area contributed by atoms with Crippen molar-refractivity contribution in [1.29, 1.82) is 0 Å². The first kappa shape index (κ1) is 22.8. The second-order valence-corrected chi connectivity index (χ2v) is 9.31. The molecule has 1 aliphatic rings. The van der Waals surface area contributed by atoms with E-state index >= 15 is 0 Å². The molecule has 3 aromatic rings. The van der Waals surface area contributed by atoms with Gasteiger partial charge in [-0.3, -0.25) is 9.36 Å². The summed E-state index contributed by atoms with van der Waals surface area (Å²) in [5.41, 5.74) is 1.92. The highest BCUT2D eigenvalue weighted by molar-refractivity contribution is 7.07. The molecule has 0 amide bonds. The number of hydrogen-bond acceptors (Lipinski definition) is 5. The van der Waals surface area contributed by atoms with Crippen LogP contribution < -0.4 is 14.9 Å². The zero-order valence-corrected chi connectivity index (χ0v) is 20.1. The molecule has 0 aliphatic carbocycles. The molecule has 32 heavy (non-hydrogen) atoms. The second-order valence-electron chi connectivity index (χ2n) is 7.02. The van der Waals surface area contributed by atoms with Crippen molar-refractivity contribution in [1.82, 2.24) is 4.57 Å². The van der Waals surface area contributed by atoms with Crippen LogP contribution in [0.2, 0.25) is 15.1 Å². The van der Waals surface area contributed by atoms with Gasteiger partial charge in [0.05, 0.1) is 28.5 Å². The predicted molar refractivity (Wildman–Crippen MR) is 128 cm³/mol. The third-order valence-corrected chi connectivity index (χ3v) is 6.75. The Hall–Kier alpha value is -2.38. The number of benzene rings is 2. The SMILES string of the molecule is CCOC(=O)C1=C(C)N=c2s/c(=C\c3ccc(Cl)cc3Cl)c(=O)n2[C@@H]1c1ccc(Cl)cc1. The molecule has 2 aromatic carbocycles. The maximum atomic E-state index is 13.5. The van der Waals surface area contributed by atoms with Crippen molar-refractivity contribution < 1.29 is 9.53 Å². The van der Waals surface area contributed by atoms with Crippen LogP contribution in [0, 0.1) is 0 Å². The van der Waals surface area contributed by atoms with Gasteiger partial charge in [0.2, 0.25) is 0 Å². The van der Waals surface area contributed by atoms with Crippen molar-refractivity contribution in [3.05, 3.63) is 99.6 Å². The van der Waals surface area contributed by atoms with Crippen molar-refractivity contribution in [3.8, 4) is 0 Å². The number of hydrogen-bond donors (Lipinski definition) is 0. The topological polar surface area (TPSA) is 60.7 Å². The summed E-state index contributed by atoms with van der Waals surface area (Å²) >= 11 is 19.6. The van der Waals surface area contributed by atoms with Gasteiger partial charge >= 0.3 is 5.97 Å². The average molecular weight is 508 g/mol. The molecule has 164 valence electrons. The molecule has 0 bridgehead atoms. The van der Waals surface area contributed by atoms with E-state index in [1.807, 2.05) is 0 Å². The molecule has 0 saturated carbocycles. The van der Waals surface area contributed by atoms with Crippen molar-refractivity contribution in [3.63, 3.8) is 0 Å². The molecule has 0 fully saturated rings. The lowest BCUT2D eigenvalue weighted by atomic mass is 9.96. The molecule has 1 aromatic heterocycles. The van der Waals surface area contributed by atoms with E-state index in [0.29, 0.717) is 41.2 Å². The maximum absolute atomic E-state index is 13.5. The lowest BCUT2D eigenvalue weighted by Crippen LogP contribution is -2.39. The fourth-order valence-electron chi connectivity index (χ4n) is 3.51. The normalized spacial score (nSPS) is 16.0. The molecule has 1 aliphatic heterocycles. The summed E-state index contributed by atoms with van der Waals surface area (Å²) in [6, 6.07) is 11.4. The molecule has 0 saturated heterocycles. The smallest absolute Gasteiger partial charge is 0.338 e. The van der Waals surface area contributed by atoms with Crippen LogP contribution in [0.3, 0.4) is 0 Å². The predicted octanol–water partition coefficient (Wildman–Crippen LogP) is 4.76. The van der Waals surface area contributed by atoms with E-state index in [-0.39, 0.29) is 12.2 Å². The van der Waals surface area contributed by atoms with Crippen molar-refractivity contribution in [2.45, 2.75) is 19.9 Å². The Balaban J connectivity index is 1.96. The molecule has 2 heterocycles. The Labute approximate surface area is 202 Å². The van der Waals surface area contributed by atoms with E-state index in [4.69, 9.17) is 39.5 Å². The van der Waals surface area contributed by atoms with Gasteiger partial charge in [0.1, 0.15) is 0 Å². The zero-order valence-electron chi connectivity index (χ0n) is 17.1. The van der Waals surface area contributed by atoms with Crippen LogP contribution in [0.5, 0.6) is 0 Å². The molecule has 0 unspecified atom stereocenters. The largest absolute Gasteiger partial charge is 0.463 e. The van der Waals surface area contributed by atoms with Crippen LogP contribution >= 0.6 is 46.1 Å². The van der Waals surface area contributed by atoms with Gasteiger partial charge in [-0.15, -0.1) is 0 Å². The molecule has 0 radical (unpaired) electrons. The van der Waals surface area contributed by atoms with E-state index < -0.39 is 12.0 Å². The Morgan fingerprint density at radius 1 is 1.16 bits per heavy atom. The average Bonchev–Trinajstić information content (AvgIpc) is 3.04. The van der Waals surface area contributed by atoms with Crippen LogP contribution in [0.1, 0.15) is 31.0 Å². The number of thiazole rings is 1. The minimum absolute atomic E-state index is 0.211. The molecule has 1 atom stereocenters. The lowest BCUT2D eigenvalue weighted by Gasteiger charge is -2.24. The van der Waals surface area contributed by atoms with Gasteiger partial charge in [0, 0.05) is 15.1 Å². The van der Waals surface area contributed by atoms with Gasteiger partial charge in [0.15, 0.2) is 4.80 Å². The summed E-state index contributed by atoms with van der Waals surface area (Å²) in [7, 11) is 0. The number of carbonyl (C=O) groups is 1. The second kappa shape index (κ2) is 9.24. The van der Waals surface area contributed by atoms with Gasteiger partial charge in [-0.1, -0.05) is 64.3 Å². The Bertz CT molecular complexity index is 1420. The molecule has 9 heteroatoms. The minimum Gasteiger partial charge on any atom is -0.463 e. The number of rotatable bonds is 4. The van der Waals surface area contributed by atoms with Gasteiger partial charge in [-0.05, 0) is 55.3 Å². The number of ether oxygens (including phenoxy) is 1. The fraction of sp³-hybridized carbons (Fsp3) is 0.174. The van der Waals surface area contributed by atoms with Crippen LogP contribution in [0.4, 0.5) is 0 Å². The van der Waals surface area contributed by atoms with E-state index in [1.165, 1.54) is 15.9 Å². The van der Waals surface area contributed by atoms with Gasteiger partial charge in [0.25, 0.3) is 5.56 Å².